The van der Waals surface area contributed by atoms with Crippen molar-refractivity contribution in [2.75, 3.05) is 26.4 Å². The molecule has 3 aromatic carbocycles. The highest BCUT2D eigenvalue weighted by atomic mass is 16.5. The summed E-state index contributed by atoms with van der Waals surface area (Å²) in [5, 5.41) is 2.04. The summed E-state index contributed by atoms with van der Waals surface area (Å²) in [5.74, 6) is -3.55. The Morgan fingerprint density at radius 2 is 0.824 bits per heavy atom. The van der Waals surface area contributed by atoms with Crippen molar-refractivity contribution in [2.24, 2.45) is 0 Å². The molecular formula is C26H26O8. The number of carbonyl (C=O) groups is 4. The second-order valence-electron chi connectivity index (χ2n) is 7.13. The Kier molecular flexibility index (Phi) is 7.83. The van der Waals surface area contributed by atoms with Crippen LogP contribution in [-0.4, -0.2) is 50.3 Å². The first-order valence-electron chi connectivity index (χ1n) is 11.1. The molecule has 0 aliphatic heterocycles. The molecule has 0 fully saturated rings. The summed E-state index contributed by atoms with van der Waals surface area (Å²) in [6.45, 7) is 6.45. The van der Waals surface area contributed by atoms with E-state index in [2.05, 4.69) is 0 Å². The van der Waals surface area contributed by atoms with Crippen LogP contribution in [0.3, 0.4) is 0 Å². The van der Waals surface area contributed by atoms with Gasteiger partial charge in [0.2, 0.25) is 0 Å². The van der Waals surface area contributed by atoms with Gasteiger partial charge >= 0.3 is 23.9 Å². The Hall–Kier alpha value is -3.94. The van der Waals surface area contributed by atoms with Gasteiger partial charge < -0.3 is 18.9 Å². The molecule has 0 radical (unpaired) electrons. The zero-order valence-corrected chi connectivity index (χ0v) is 19.6. The highest BCUT2D eigenvalue weighted by Crippen LogP contribution is 2.36. The van der Waals surface area contributed by atoms with E-state index in [-0.39, 0.29) is 59.5 Å². The Bertz CT molecular complexity index is 1180. The van der Waals surface area contributed by atoms with E-state index in [0.29, 0.717) is 0 Å². The third-order valence-electron chi connectivity index (χ3n) is 5.09. The van der Waals surface area contributed by atoms with Crippen molar-refractivity contribution in [3.05, 3.63) is 58.7 Å². The van der Waals surface area contributed by atoms with E-state index < -0.39 is 23.9 Å². The van der Waals surface area contributed by atoms with E-state index in [9.17, 15) is 19.2 Å². The molecule has 0 aliphatic carbocycles. The molecule has 178 valence electrons. The predicted molar refractivity (Wildman–Crippen MR) is 125 cm³/mol. The van der Waals surface area contributed by atoms with Gasteiger partial charge in [0.25, 0.3) is 0 Å². The number of fused-ring (bicyclic) bond motifs is 2. The second-order valence-corrected chi connectivity index (χ2v) is 7.13. The van der Waals surface area contributed by atoms with Gasteiger partial charge in [0.1, 0.15) is 0 Å². The SMILES string of the molecule is CCOC(=O)c1c(C(=O)OCC)c(C(=O)OCC)c2cc3ccccc3cc2c1C(=O)OCC. The van der Waals surface area contributed by atoms with Crippen LogP contribution in [0, 0.1) is 0 Å². The van der Waals surface area contributed by atoms with Crippen molar-refractivity contribution in [3.63, 3.8) is 0 Å². The summed E-state index contributed by atoms with van der Waals surface area (Å²) < 4.78 is 20.9. The highest BCUT2D eigenvalue weighted by molar-refractivity contribution is 6.25. The molecule has 0 unspecified atom stereocenters. The lowest BCUT2D eigenvalue weighted by molar-refractivity contribution is 0.0446. The predicted octanol–water partition coefficient (Wildman–Crippen LogP) is 4.70. The first-order chi connectivity index (χ1) is 16.4. The van der Waals surface area contributed by atoms with Crippen LogP contribution in [-0.2, 0) is 18.9 Å². The fraction of sp³-hybridized carbons (Fsp3) is 0.308. The fourth-order valence-electron chi connectivity index (χ4n) is 3.82. The van der Waals surface area contributed by atoms with Gasteiger partial charge in [-0.15, -0.1) is 0 Å². The van der Waals surface area contributed by atoms with Gasteiger partial charge in [-0.05, 0) is 61.4 Å². The van der Waals surface area contributed by atoms with Crippen LogP contribution >= 0.6 is 0 Å². The van der Waals surface area contributed by atoms with Crippen LogP contribution in [0.25, 0.3) is 21.5 Å². The van der Waals surface area contributed by atoms with Gasteiger partial charge in [0, 0.05) is 0 Å². The van der Waals surface area contributed by atoms with Crippen molar-refractivity contribution in [3.8, 4) is 0 Å². The molecule has 0 saturated carbocycles. The fourth-order valence-corrected chi connectivity index (χ4v) is 3.82. The number of hydrogen-bond acceptors (Lipinski definition) is 8. The smallest absolute Gasteiger partial charge is 0.339 e. The molecule has 0 saturated heterocycles. The zero-order valence-electron chi connectivity index (χ0n) is 19.6. The Morgan fingerprint density at radius 1 is 0.529 bits per heavy atom. The molecule has 0 atom stereocenters. The zero-order chi connectivity index (χ0) is 24.8. The van der Waals surface area contributed by atoms with Crippen molar-refractivity contribution in [2.45, 2.75) is 27.7 Å². The molecule has 0 heterocycles. The summed E-state index contributed by atoms with van der Waals surface area (Å²) in [4.78, 5) is 52.6. The molecule has 0 aliphatic rings. The van der Waals surface area contributed by atoms with Crippen LogP contribution in [0.5, 0.6) is 0 Å². The maximum absolute atomic E-state index is 13.2. The molecule has 0 spiro atoms. The van der Waals surface area contributed by atoms with Crippen LogP contribution < -0.4 is 0 Å². The third-order valence-corrected chi connectivity index (χ3v) is 5.09. The van der Waals surface area contributed by atoms with E-state index in [1.165, 1.54) is 0 Å². The lowest BCUT2D eigenvalue weighted by Gasteiger charge is -2.20. The maximum atomic E-state index is 13.2. The molecule has 0 aromatic heterocycles. The van der Waals surface area contributed by atoms with Gasteiger partial charge in [-0.1, -0.05) is 24.3 Å². The molecule has 8 nitrogen and oxygen atoms in total. The van der Waals surface area contributed by atoms with Crippen LogP contribution in [0.4, 0.5) is 0 Å². The minimum atomic E-state index is -0.950. The number of ether oxygens (including phenoxy) is 4. The topological polar surface area (TPSA) is 105 Å². The molecule has 34 heavy (non-hydrogen) atoms. The van der Waals surface area contributed by atoms with E-state index in [0.717, 1.165) is 10.8 Å². The van der Waals surface area contributed by atoms with Crippen LogP contribution in [0.15, 0.2) is 36.4 Å². The first-order valence-corrected chi connectivity index (χ1v) is 11.1. The van der Waals surface area contributed by atoms with Crippen molar-refractivity contribution >= 4 is 45.4 Å². The van der Waals surface area contributed by atoms with E-state index in [1.54, 1.807) is 39.8 Å². The first kappa shape index (κ1) is 24.7. The monoisotopic (exact) mass is 466 g/mol. The van der Waals surface area contributed by atoms with E-state index >= 15 is 0 Å². The molecule has 0 bridgehead atoms. The minimum absolute atomic E-state index is 0.0200. The van der Waals surface area contributed by atoms with E-state index in [1.807, 2.05) is 24.3 Å². The third kappa shape index (κ3) is 4.57. The summed E-state index contributed by atoms with van der Waals surface area (Å²) in [7, 11) is 0. The summed E-state index contributed by atoms with van der Waals surface area (Å²) in [6, 6.07) is 10.7. The molecular weight excluding hydrogens is 440 g/mol. The number of rotatable bonds is 8. The van der Waals surface area contributed by atoms with Crippen molar-refractivity contribution in [1.82, 2.24) is 0 Å². The lowest BCUT2D eigenvalue weighted by Crippen LogP contribution is -2.24. The Labute approximate surface area is 196 Å². The highest BCUT2D eigenvalue weighted by Gasteiger charge is 2.36. The molecule has 3 rings (SSSR count). The summed E-state index contributed by atoms with van der Waals surface area (Å²) in [5.41, 5.74) is -1.11. The molecule has 3 aromatic rings. The van der Waals surface area contributed by atoms with Gasteiger partial charge in [-0.2, -0.15) is 0 Å². The standard InChI is InChI=1S/C26H26O8/c1-5-31-23(27)19-17-13-15-11-9-10-12-16(15)14-18(17)20(24(28)32-6-2)22(26(30)34-8-4)21(19)25(29)33-7-3/h9-14H,5-8H2,1-4H3. The average molecular weight is 466 g/mol. The normalized spacial score (nSPS) is 10.7. The maximum Gasteiger partial charge on any atom is 0.339 e. The van der Waals surface area contributed by atoms with Crippen molar-refractivity contribution in [1.29, 1.82) is 0 Å². The number of carbonyl (C=O) groups excluding carboxylic acids is 4. The average Bonchev–Trinajstić information content (AvgIpc) is 2.81. The number of hydrogen-bond donors (Lipinski definition) is 0. The lowest BCUT2D eigenvalue weighted by atomic mass is 9.87. The number of esters is 4. The second kappa shape index (κ2) is 10.8. The van der Waals surface area contributed by atoms with Crippen LogP contribution in [0.2, 0.25) is 0 Å². The van der Waals surface area contributed by atoms with Crippen molar-refractivity contribution < 1.29 is 38.1 Å². The Morgan fingerprint density at radius 3 is 1.12 bits per heavy atom. The summed E-state index contributed by atoms with van der Waals surface area (Å²) >= 11 is 0. The number of benzene rings is 3. The van der Waals surface area contributed by atoms with E-state index in [4.69, 9.17) is 18.9 Å². The Balaban J connectivity index is 2.63. The largest absolute Gasteiger partial charge is 0.462 e. The van der Waals surface area contributed by atoms with Gasteiger partial charge in [-0.3, -0.25) is 0 Å². The van der Waals surface area contributed by atoms with Crippen LogP contribution in [0.1, 0.15) is 69.1 Å². The van der Waals surface area contributed by atoms with Gasteiger partial charge in [0.05, 0.1) is 48.7 Å². The molecule has 0 amide bonds. The summed E-state index contributed by atoms with van der Waals surface area (Å²) in [6.07, 6.45) is 0. The molecule has 8 heteroatoms. The quantitative estimate of drug-likeness (QED) is 0.267. The van der Waals surface area contributed by atoms with Gasteiger partial charge in [0.15, 0.2) is 0 Å². The van der Waals surface area contributed by atoms with Gasteiger partial charge in [-0.25, -0.2) is 19.2 Å². The minimum Gasteiger partial charge on any atom is -0.462 e. The molecule has 0 N–H and O–H groups in total.